The smallest absolute Gasteiger partial charge is 0.295 e. The maximum atomic E-state index is 11.6. The number of aldehydes is 1. The van der Waals surface area contributed by atoms with Gasteiger partial charge in [0.05, 0.1) is 0 Å². The topological polar surface area (TPSA) is 72.4 Å². The van der Waals surface area contributed by atoms with E-state index in [2.05, 4.69) is 15.3 Å². The summed E-state index contributed by atoms with van der Waals surface area (Å²) in [6.45, 7) is 4.72. The second-order valence-electron chi connectivity index (χ2n) is 5.63. The number of oxazole rings is 1. The molecule has 4 rings (SSSR count). The molecule has 0 aliphatic carbocycles. The van der Waals surface area contributed by atoms with Crippen molar-refractivity contribution in [2.75, 3.05) is 11.9 Å². The van der Waals surface area contributed by atoms with Crippen molar-refractivity contribution in [1.29, 1.82) is 0 Å². The summed E-state index contributed by atoms with van der Waals surface area (Å²) in [5, 5.41) is 3.05. The minimum Gasteiger partial charge on any atom is -0.424 e. The number of fused-ring (bicyclic) bond motifs is 2. The van der Waals surface area contributed by atoms with Gasteiger partial charge < -0.3 is 9.73 Å². The molecule has 1 N–H and O–H groups in total. The summed E-state index contributed by atoms with van der Waals surface area (Å²) in [5.41, 5.74) is 5.28. The number of aromatic nitrogens is 3. The molecule has 6 heteroatoms. The van der Waals surface area contributed by atoms with Gasteiger partial charge in [-0.15, -0.1) is 0 Å². The Balaban J connectivity index is 1.89. The molecule has 3 aromatic heterocycles. The van der Waals surface area contributed by atoms with Gasteiger partial charge >= 0.3 is 0 Å². The van der Waals surface area contributed by atoms with Gasteiger partial charge in [-0.2, -0.15) is 4.98 Å². The van der Waals surface area contributed by atoms with Crippen LogP contribution >= 0.6 is 0 Å². The van der Waals surface area contributed by atoms with Crippen LogP contribution in [0.2, 0.25) is 0 Å². The van der Waals surface area contributed by atoms with Crippen molar-refractivity contribution in [3.05, 3.63) is 47.8 Å². The van der Waals surface area contributed by atoms with Crippen LogP contribution in [-0.2, 0) is 0 Å². The third-order valence-electron chi connectivity index (χ3n) is 3.92. The van der Waals surface area contributed by atoms with E-state index >= 15 is 0 Å². The zero-order chi connectivity index (χ0) is 16.7. The van der Waals surface area contributed by atoms with E-state index in [0.717, 1.165) is 35.1 Å². The normalized spacial score (nSPS) is 11.2. The molecule has 1 aromatic carbocycles. The van der Waals surface area contributed by atoms with Crippen molar-refractivity contribution in [1.82, 2.24) is 14.4 Å². The van der Waals surface area contributed by atoms with Crippen molar-refractivity contribution < 1.29 is 9.21 Å². The van der Waals surface area contributed by atoms with Crippen LogP contribution in [-0.4, -0.2) is 27.2 Å². The SMILES string of the molecule is CCNc1nc2cc(-c3nc4cc(C)ccn4c3C=O)ccc2o1. The highest BCUT2D eigenvalue weighted by atomic mass is 16.4. The summed E-state index contributed by atoms with van der Waals surface area (Å²) in [7, 11) is 0. The van der Waals surface area contributed by atoms with E-state index in [1.54, 1.807) is 4.40 Å². The van der Waals surface area contributed by atoms with E-state index in [4.69, 9.17) is 4.42 Å². The quantitative estimate of drug-likeness (QED) is 0.581. The van der Waals surface area contributed by atoms with Crippen molar-refractivity contribution in [2.45, 2.75) is 13.8 Å². The van der Waals surface area contributed by atoms with Crippen LogP contribution in [0.25, 0.3) is 28.0 Å². The van der Waals surface area contributed by atoms with Crippen LogP contribution < -0.4 is 5.32 Å². The van der Waals surface area contributed by atoms with Crippen molar-refractivity contribution in [2.24, 2.45) is 0 Å². The molecule has 0 saturated heterocycles. The Morgan fingerprint density at radius 1 is 1.25 bits per heavy atom. The van der Waals surface area contributed by atoms with Gasteiger partial charge in [0.2, 0.25) is 0 Å². The number of pyridine rings is 1. The highest BCUT2D eigenvalue weighted by molar-refractivity contribution is 5.89. The first-order chi connectivity index (χ1) is 11.7. The third kappa shape index (κ3) is 2.23. The van der Waals surface area contributed by atoms with Gasteiger partial charge in [0.25, 0.3) is 6.01 Å². The molecule has 0 amide bonds. The second-order valence-corrected chi connectivity index (χ2v) is 5.63. The molecule has 0 unspecified atom stereocenters. The van der Waals surface area contributed by atoms with E-state index in [1.807, 2.05) is 50.4 Å². The van der Waals surface area contributed by atoms with E-state index in [1.165, 1.54) is 0 Å². The number of imidazole rings is 1. The number of carbonyl (C=O) groups is 1. The first kappa shape index (κ1) is 14.4. The lowest BCUT2D eigenvalue weighted by atomic mass is 10.1. The summed E-state index contributed by atoms with van der Waals surface area (Å²) in [5.74, 6) is 0. The lowest BCUT2D eigenvalue weighted by molar-refractivity contribution is 0.111. The minimum absolute atomic E-state index is 0.492. The van der Waals surface area contributed by atoms with Crippen LogP contribution in [0.15, 0.2) is 40.9 Å². The predicted molar refractivity (Wildman–Crippen MR) is 92.5 cm³/mol. The molecule has 0 saturated carbocycles. The third-order valence-corrected chi connectivity index (χ3v) is 3.92. The zero-order valence-corrected chi connectivity index (χ0v) is 13.4. The Morgan fingerprint density at radius 2 is 2.12 bits per heavy atom. The highest BCUT2D eigenvalue weighted by Gasteiger charge is 2.15. The monoisotopic (exact) mass is 320 g/mol. The Kier molecular flexibility index (Phi) is 3.30. The molecule has 24 heavy (non-hydrogen) atoms. The average molecular weight is 320 g/mol. The van der Waals surface area contributed by atoms with Crippen LogP contribution in [0.5, 0.6) is 0 Å². The number of aryl methyl sites for hydroxylation is 1. The van der Waals surface area contributed by atoms with Gasteiger partial charge in [-0.1, -0.05) is 0 Å². The molecule has 0 spiro atoms. The second kappa shape index (κ2) is 5.49. The lowest BCUT2D eigenvalue weighted by Crippen LogP contribution is -1.95. The molecule has 3 heterocycles. The van der Waals surface area contributed by atoms with E-state index in [9.17, 15) is 4.79 Å². The molecule has 0 fully saturated rings. The summed E-state index contributed by atoms with van der Waals surface area (Å²) in [6, 6.07) is 10.0. The number of nitrogens with zero attached hydrogens (tertiary/aromatic N) is 3. The van der Waals surface area contributed by atoms with Gasteiger partial charge in [0.15, 0.2) is 11.9 Å². The summed E-state index contributed by atoms with van der Waals surface area (Å²) in [4.78, 5) is 20.6. The van der Waals surface area contributed by atoms with Crippen LogP contribution in [0, 0.1) is 6.92 Å². The number of nitrogens with one attached hydrogen (secondary N) is 1. The zero-order valence-electron chi connectivity index (χ0n) is 13.4. The number of hydrogen-bond donors (Lipinski definition) is 1. The van der Waals surface area contributed by atoms with Crippen molar-refractivity contribution >= 4 is 29.0 Å². The van der Waals surface area contributed by atoms with Crippen LogP contribution in [0.1, 0.15) is 23.0 Å². The van der Waals surface area contributed by atoms with E-state index < -0.39 is 0 Å². The molecule has 0 aliphatic rings. The fraction of sp³-hybridized carbons (Fsp3) is 0.167. The minimum atomic E-state index is 0.492. The summed E-state index contributed by atoms with van der Waals surface area (Å²) < 4.78 is 7.41. The molecule has 0 aliphatic heterocycles. The molecular formula is C18H16N4O2. The van der Waals surface area contributed by atoms with Crippen LogP contribution in [0.4, 0.5) is 6.01 Å². The summed E-state index contributed by atoms with van der Waals surface area (Å²) in [6.07, 6.45) is 2.70. The first-order valence-corrected chi connectivity index (χ1v) is 7.78. The molecular weight excluding hydrogens is 304 g/mol. The summed E-state index contributed by atoms with van der Waals surface area (Å²) >= 11 is 0. The van der Waals surface area contributed by atoms with Gasteiger partial charge in [-0.3, -0.25) is 9.20 Å². The van der Waals surface area contributed by atoms with Crippen molar-refractivity contribution in [3.63, 3.8) is 0 Å². The van der Waals surface area contributed by atoms with Gasteiger partial charge in [0.1, 0.15) is 22.6 Å². The van der Waals surface area contributed by atoms with Gasteiger partial charge in [0, 0.05) is 18.3 Å². The molecule has 120 valence electrons. The van der Waals surface area contributed by atoms with Crippen molar-refractivity contribution in [3.8, 4) is 11.3 Å². The standard InChI is InChI=1S/C18H16N4O2/c1-3-19-18-20-13-9-12(4-5-15(13)24-18)17-14(10-23)22-7-6-11(2)8-16(22)21-17/h4-10H,3H2,1-2H3,(H,19,20). The molecule has 6 nitrogen and oxygen atoms in total. The largest absolute Gasteiger partial charge is 0.424 e. The van der Waals surface area contributed by atoms with Gasteiger partial charge in [-0.25, -0.2) is 4.98 Å². The number of carbonyl (C=O) groups excluding carboxylic acids is 1. The number of anilines is 1. The molecule has 0 bridgehead atoms. The first-order valence-electron chi connectivity index (χ1n) is 7.78. The number of hydrogen-bond acceptors (Lipinski definition) is 5. The predicted octanol–water partition coefficient (Wildman–Crippen LogP) is 3.70. The molecule has 4 aromatic rings. The fourth-order valence-electron chi connectivity index (χ4n) is 2.79. The Hall–Kier alpha value is -3.15. The molecule has 0 radical (unpaired) electrons. The maximum absolute atomic E-state index is 11.6. The van der Waals surface area contributed by atoms with Crippen LogP contribution in [0.3, 0.4) is 0 Å². The Labute approximate surface area is 138 Å². The van der Waals surface area contributed by atoms with E-state index in [-0.39, 0.29) is 0 Å². The Bertz CT molecular complexity index is 1060. The Morgan fingerprint density at radius 3 is 2.92 bits per heavy atom. The fourth-order valence-corrected chi connectivity index (χ4v) is 2.79. The number of benzene rings is 1. The van der Waals surface area contributed by atoms with Gasteiger partial charge in [-0.05, 0) is 49.7 Å². The lowest BCUT2D eigenvalue weighted by Gasteiger charge is -1.98. The molecule has 0 atom stereocenters. The average Bonchev–Trinajstić information content (AvgIpc) is 3.13. The maximum Gasteiger partial charge on any atom is 0.295 e. The van der Waals surface area contributed by atoms with E-state index in [0.29, 0.717) is 23.0 Å². The number of rotatable bonds is 4. The highest BCUT2D eigenvalue weighted by Crippen LogP contribution is 2.28.